The van der Waals surface area contributed by atoms with Crippen molar-refractivity contribution in [2.75, 3.05) is 5.73 Å². The van der Waals surface area contributed by atoms with E-state index in [0.29, 0.717) is 21.8 Å². The van der Waals surface area contributed by atoms with E-state index < -0.39 is 0 Å². The van der Waals surface area contributed by atoms with Gasteiger partial charge in [0.15, 0.2) is 0 Å². The van der Waals surface area contributed by atoms with E-state index in [1.165, 1.54) is 11.5 Å². The number of rotatable bonds is 1. The number of anilines is 1. The second-order valence-corrected chi connectivity index (χ2v) is 5.31. The maximum atomic E-state index is 12.3. The van der Waals surface area contributed by atoms with Crippen molar-refractivity contribution in [3.05, 3.63) is 57.8 Å². The highest BCUT2D eigenvalue weighted by atomic mass is 35.5. The third kappa shape index (κ3) is 1.70. The smallest absolute Gasteiger partial charge is 0.273 e. The summed E-state index contributed by atoms with van der Waals surface area (Å²) < 4.78 is 2.54. The van der Waals surface area contributed by atoms with Crippen LogP contribution in [0.15, 0.2) is 47.3 Å². The monoisotopic (exact) mass is 276 g/mol. The third-order valence-corrected chi connectivity index (χ3v) is 4.03. The summed E-state index contributed by atoms with van der Waals surface area (Å²) in [5, 5.41) is 1.27. The van der Waals surface area contributed by atoms with Crippen LogP contribution in [0.1, 0.15) is 0 Å². The molecule has 0 atom stereocenters. The minimum Gasteiger partial charge on any atom is -0.397 e. The summed E-state index contributed by atoms with van der Waals surface area (Å²) in [6.07, 6.45) is 0. The Bertz CT molecular complexity index is 791. The second kappa shape index (κ2) is 4.15. The lowest BCUT2D eigenvalue weighted by Crippen LogP contribution is -2.12. The summed E-state index contributed by atoms with van der Waals surface area (Å²) in [6.45, 7) is 0. The Balaban J connectivity index is 2.32. The van der Waals surface area contributed by atoms with E-state index in [-0.39, 0.29) is 5.56 Å². The predicted octanol–water partition coefficient (Wildman–Crippen LogP) is 3.29. The molecule has 0 unspecified atom stereocenters. The Morgan fingerprint density at radius 2 is 1.94 bits per heavy atom. The second-order valence-electron chi connectivity index (χ2n) is 3.89. The number of nitrogens with two attached hydrogens (primary N) is 1. The van der Waals surface area contributed by atoms with Crippen molar-refractivity contribution < 1.29 is 0 Å². The fraction of sp³-hybridized carbons (Fsp3) is 0. The van der Waals surface area contributed by atoms with Gasteiger partial charge in [-0.15, -0.1) is 0 Å². The summed E-state index contributed by atoms with van der Waals surface area (Å²) >= 11 is 7.24. The summed E-state index contributed by atoms with van der Waals surface area (Å²) in [4.78, 5) is 12.3. The fourth-order valence-corrected chi connectivity index (χ4v) is 3.06. The molecular formula is C13H9ClN2OS. The van der Waals surface area contributed by atoms with Crippen LogP contribution in [0.2, 0.25) is 5.02 Å². The Morgan fingerprint density at radius 3 is 2.67 bits per heavy atom. The Kier molecular flexibility index (Phi) is 2.61. The van der Waals surface area contributed by atoms with Crippen molar-refractivity contribution in [1.29, 1.82) is 0 Å². The van der Waals surface area contributed by atoms with Crippen molar-refractivity contribution in [2.45, 2.75) is 0 Å². The first-order valence-corrected chi connectivity index (χ1v) is 6.48. The van der Waals surface area contributed by atoms with E-state index in [9.17, 15) is 4.79 Å². The highest BCUT2D eigenvalue weighted by Gasteiger charge is 2.10. The Hall–Kier alpha value is -1.78. The summed E-state index contributed by atoms with van der Waals surface area (Å²) in [5.74, 6) is 0. The molecule has 5 heteroatoms. The minimum atomic E-state index is -0.0513. The summed E-state index contributed by atoms with van der Waals surface area (Å²) in [7, 11) is 0. The molecule has 3 aromatic rings. The molecule has 0 aliphatic carbocycles. The zero-order valence-corrected chi connectivity index (χ0v) is 10.8. The summed E-state index contributed by atoms with van der Waals surface area (Å²) in [6, 6.07) is 12.6. The molecule has 3 rings (SSSR count). The molecule has 3 nitrogen and oxygen atoms in total. The maximum Gasteiger partial charge on any atom is 0.273 e. The number of hydrogen-bond donors (Lipinski definition) is 1. The quantitative estimate of drug-likeness (QED) is 0.693. The molecule has 0 radical (unpaired) electrons. The van der Waals surface area contributed by atoms with Crippen LogP contribution in [0, 0.1) is 0 Å². The molecule has 2 N–H and O–H groups in total. The van der Waals surface area contributed by atoms with Gasteiger partial charge in [-0.2, -0.15) is 0 Å². The van der Waals surface area contributed by atoms with Gasteiger partial charge >= 0.3 is 0 Å². The number of nitrogens with zero attached hydrogens (tertiary/aromatic N) is 1. The molecule has 0 fully saturated rings. The normalized spacial score (nSPS) is 10.9. The van der Waals surface area contributed by atoms with Gasteiger partial charge in [0.2, 0.25) is 0 Å². The molecule has 0 saturated heterocycles. The van der Waals surface area contributed by atoms with Crippen LogP contribution < -0.4 is 11.3 Å². The van der Waals surface area contributed by atoms with Crippen LogP contribution in [-0.4, -0.2) is 3.96 Å². The van der Waals surface area contributed by atoms with Crippen LogP contribution in [0.25, 0.3) is 15.8 Å². The van der Waals surface area contributed by atoms with Gasteiger partial charge in [-0.3, -0.25) is 4.79 Å². The lowest BCUT2D eigenvalue weighted by molar-refractivity contribution is 1.15. The van der Waals surface area contributed by atoms with E-state index in [4.69, 9.17) is 17.3 Å². The molecular weight excluding hydrogens is 268 g/mol. The largest absolute Gasteiger partial charge is 0.397 e. The Labute approximate surface area is 112 Å². The van der Waals surface area contributed by atoms with Gasteiger partial charge in [-0.05, 0) is 30.3 Å². The molecule has 90 valence electrons. The van der Waals surface area contributed by atoms with Gasteiger partial charge in [0, 0.05) is 5.02 Å². The highest BCUT2D eigenvalue weighted by molar-refractivity contribution is 7.14. The first-order chi connectivity index (χ1) is 8.66. The molecule has 0 aliphatic heterocycles. The van der Waals surface area contributed by atoms with Gasteiger partial charge in [0.1, 0.15) is 0 Å². The zero-order chi connectivity index (χ0) is 12.7. The lowest BCUT2D eigenvalue weighted by atomic mass is 10.2. The molecule has 18 heavy (non-hydrogen) atoms. The van der Waals surface area contributed by atoms with Crippen molar-refractivity contribution in [1.82, 2.24) is 3.96 Å². The number of benzene rings is 2. The average Bonchev–Trinajstić information content (AvgIpc) is 2.68. The Morgan fingerprint density at radius 1 is 1.17 bits per heavy atom. The lowest BCUT2D eigenvalue weighted by Gasteiger charge is -2.04. The minimum absolute atomic E-state index is 0.0513. The van der Waals surface area contributed by atoms with E-state index in [1.54, 1.807) is 22.2 Å². The van der Waals surface area contributed by atoms with Gasteiger partial charge in [0.05, 0.1) is 21.5 Å². The maximum absolute atomic E-state index is 12.3. The van der Waals surface area contributed by atoms with E-state index in [2.05, 4.69) is 0 Å². The molecule has 0 aliphatic rings. The van der Waals surface area contributed by atoms with Crippen molar-refractivity contribution in [2.24, 2.45) is 0 Å². The molecule has 0 amide bonds. The van der Waals surface area contributed by atoms with E-state index in [0.717, 1.165) is 4.70 Å². The van der Waals surface area contributed by atoms with Crippen LogP contribution in [-0.2, 0) is 0 Å². The number of fused-ring (bicyclic) bond motifs is 1. The van der Waals surface area contributed by atoms with Crippen LogP contribution in [0.5, 0.6) is 0 Å². The fourth-order valence-electron chi connectivity index (χ4n) is 1.84. The van der Waals surface area contributed by atoms with Crippen LogP contribution in [0.4, 0.5) is 5.69 Å². The number of hydrogen-bond acceptors (Lipinski definition) is 3. The van der Waals surface area contributed by atoms with Gasteiger partial charge < -0.3 is 5.73 Å². The van der Waals surface area contributed by atoms with Crippen LogP contribution >= 0.6 is 23.1 Å². The topological polar surface area (TPSA) is 48.0 Å². The molecule has 1 aromatic heterocycles. The van der Waals surface area contributed by atoms with E-state index >= 15 is 0 Å². The first kappa shape index (κ1) is 11.3. The average molecular weight is 277 g/mol. The van der Waals surface area contributed by atoms with Crippen molar-refractivity contribution in [3.8, 4) is 5.69 Å². The number of nitrogen functional groups attached to an aromatic ring is 1. The highest BCUT2D eigenvalue weighted by Crippen LogP contribution is 2.25. The van der Waals surface area contributed by atoms with Gasteiger partial charge in [-0.25, -0.2) is 3.96 Å². The zero-order valence-electron chi connectivity index (χ0n) is 9.26. The predicted molar refractivity (Wildman–Crippen MR) is 76.8 cm³/mol. The molecule has 1 heterocycles. The molecule has 0 spiro atoms. The van der Waals surface area contributed by atoms with Crippen molar-refractivity contribution >= 4 is 38.9 Å². The summed E-state index contributed by atoms with van der Waals surface area (Å²) in [5.41, 5.74) is 7.02. The molecule has 0 saturated carbocycles. The third-order valence-electron chi connectivity index (χ3n) is 2.70. The number of aromatic nitrogens is 1. The standard InChI is InChI=1S/C13H9ClN2OS/c14-8-5-6-11(10(15)7-8)16-13(17)9-3-1-2-4-12(9)18-16/h1-7H,15H2. The first-order valence-electron chi connectivity index (χ1n) is 5.33. The van der Waals surface area contributed by atoms with Gasteiger partial charge in [0.25, 0.3) is 5.56 Å². The molecule has 0 bridgehead atoms. The number of halogens is 1. The SMILES string of the molecule is Nc1cc(Cl)ccc1-n1sc2ccccc2c1=O. The van der Waals surface area contributed by atoms with Crippen LogP contribution in [0.3, 0.4) is 0 Å². The van der Waals surface area contributed by atoms with Crippen molar-refractivity contribution in [3.63, 3.8) is 0 Å². The molecule has 2 aromatic carbocycles. The van der Waals surface area contributed by atoms with Gasteiger partial charge in [-0.1, -0.05) is 35.3 Å². The van der Waals surface area contributed by atoms with E-state index in [1.807, 2.05) is 24.3 Å².